The maximum absolute atomic E-state index is 11.3. The second-order valence-corrected chi connectivity index (χ2v) is 6.53. The monoisotopic (exact) mass is 290 g/mol. The van der Waals surface area contributed by atoms with E-state index in [0.717, 1.165) is 10.2 Å². The van der Waals surface area contributed by atoms with Crippen LogP contribution in [-0.4, -0.2) is 19.7 Å². The Labute approximate surface area is 93.8 Å². The van der Waals surface area contributed by atoms with Gasteiger partial charge in [0.2, 0.25) is 0 Å². The van der Waals surface area contributed by atoms with E-state index in [-0.39, 0.29) is 0 Å². The van der Waals surface area contributed by atoms with Crippen LogP contribution in [0.15, 0.2) is 21.5 Å². The number of sulfone groups is 1. The lowest BCUT2D eigenvalue weighted by molar-refractivity contribution is 0.602. The van der Waals surface area contributed by atoms with Gasteiger partial charge in [-0.15, -0.1) is 11.3 Å². The van der Waals surface area contributed by atoms with Crippen LogP contribution in [0, 0.1) is 5.51 Å². The van der Waals surface area contributed by atoms with Gasteiger partial charge in [0.05, 0.1) is 15.1 Å². The number of fused-ring (bicyclic) bond motifs is 1. The molecule has 1 aromatic heterocycles. The standard InChI is InChI=1S/C8H5BrNO2S2/c1-14(11,12)5-2-6(9)8-7(3-5)13-4-10-8/h2-3H,1H3. The first-order valence-corrected chi connectivity index (χ1v) is 7.15. The number of nitrogens with zero attached hydrogens (tertiary/aromatic N) is 1. The molecule has 0 spiro atoms. The largest absolute Gasteiger partial charge is 0.232 e. The summed E-state index contributed by atoms with van der Waals surface area (Å²) in [5, 5.41) is 0. The van der Waals surface area contributed by atoms with E-state index < -0.39 is 9.84 Å². The van der Waals surface area contributed by atoms with Gasteiger partial charge in [-0.05, 0) is 28.1 Å². The third-order valence-electron chi connectivity index (χ3n) is 1.74. The Morgan fingerprint density at radius 2 is 2.21 bits per heavy atom. The van der Waals surface area contributed by atoms with Crippen LogP contribution in [0.3, 0.4) is 0 Å². The van der Waals surface area contributed by atoms with Gasteiger partial charge in [-0.1, -0.05) is 0 Å². The molecule has 0 atom stereocenters. The van der Waals surface area contributed by atoms with Crippen molar-refractivity contribution >= 4 is 47.3 Å². The molecule has 0 fully saturated rings. The van der Waals surface area contributed by atoms with E-state index in [1.807, 2.05) is 0 Å². The zero-order valence-electron chi connectivity index (χ0n) is 7.11. The highest BCUT2D eigenvalue weighted by atomic mass is 79.9. The fourth-order valence-electron chi connectivity index (χ4n) is 1.07. The molecule has 0 aliphatic rings. The highest BCUT2D eigenvalue weighted by Crippen LogP contribution is 2.28. The Kier molecular flexibility index (Phi) is 2.36. The number of hydrogen-bond acceptors (Lipinski definition) is 4. The van der Waals surface area contributed by atoms with Crippen molar-refractivity contribution in [2.24, 2.45) is 0 Å². The van der Waals surface area contributed by atoms with Crippen molar-refractivity contribution in [1.29, 1.82) is 0 Å². The molecule has 14 heavy (non-hydrogen) atoms. The van der Waals surface area contributed by atoms with Gasteiger partial charge >= 0.3 is 0 Å². The minimum Gasteiger partial charge on any atom is -0.232 e. The van der Waals surface area contributed by atoms with E-state index in [1.54, 1.807) is 12.1 Å². The fraction of sp³-hybridized carbons (Fsp3) is 0.125. The van der Waals surface area contributed by atoms with Crippen LogP contribution in [0.1, 0.15) is 0 Å². The molecule has 0 unspecified atom stereocenters. The Bertz CT molecular complexity index is 588. The van der Waals surface area contributed by atoms with Crippen molar-refractivity contribution in [3.05, 3.63) is 22.1 Å². The highest BCUT2D eigenvalue weighted by Gasteiger charge is 2.11. The Balaban J connectivity index is 2.83. The van der Waals surface area contributed by atoms with E-state index in [0.29, 0.717) is 9.37 Å². The molecule has 0 bridgehead atoms. The molecule has 0 N–H and O–H groups in total. The minimum atomic E-state index is -3.16. The van der Waals surface area contributed by atoms with E-state index in [1.165, 1.54) is 17.6 Å². The number of aromatic nitrogens is 1. The second kappa shape index (κ2) is 3.29. The number of halogens is 1. The van der Waals surface area contributed by atoms with Gasteiger partial charge in [0, 0.05) is 10.7 Å². The summed E-state index contributed by atoms with van der Waals surface area (Å²) < 4.78 is 24.1. The lowest BCUT2D eigenvalue weighted by Gasteiger charge is -1.99. The number of benzene rings is 1. The first-order valence-electron chi connectivity index (χ1n) is 3.64. The summed E-state index contributed by atoms with van der Waals surface area (Å²) in [7, 11) is -3.16. The first kappa shape index (κ1) is 10.1. The van der Waals surface area contributed by atoms with Crippen LogP contribution in [0.5, 0.6) is 0 Å². The quantitative estimate of drug-likeness (QED) is 0.809. The maximum atomic E-state index is 11.3. The zero-order chi connectivity index (χ0) is 10.3. The molecule has 1 radical (unpaired) electrons. The number of rotatable bonds is 1. The average molecular weight is 291 g/mol. The van der Waals surface area contributed by atoms with Gasteiger partial charge in [-0.3, -0.25) is 0 Å². The molecule has 1 aromatic carbocycles. The molecule has 73 valence electrons. The lowest BCUT2D eigenvalue weighted by Crippen LogP contribution is -1.96. The highest BCUT2D eigenvalue weighted by molar-refractivity contribution is 9.10. The lowest BCUT2D eigenvalue weighted by atomic mass is 10.3. The topological polar surface area (TPSA) is 47.0 Å². The van der Waals surface area contributed by atoms with Crippen molar-refractivity contribution in [3.63, 3.8) is 0 Å². The van der Waals surface area contributed by atoms with Gasteiger partial charge < -0.3 is 0 Å². The number of thiazole rings is 1. The predicted molar refractivity (Wildman–Crippen MR) is 59.3 cm³/mol. The molecule has 1 heterocycles. The summed E-state index contributed by atoms with van der Waals surface area (Å²) in [6, 6.07) is 3.18. The van der Waals surface area contributed by atoms with Crippen molar-refractivity contribution < 1.29 is 8.42 Å². The molecule has 0 aliphatic carbocycles. The summed E-state index contributed by atoms with van der Waals surface area (Å²) in [6.07, 6.45) is 1.19. The molecule has 0 amide bonds. The number of hydrogen-bond donors (Lipinski definition) is 0. The predicted octanol–water partition coefficient (Wildman–Crippen LogP) is 2.26. The van der Waals surface area contributed by atoms with Crippen molar-refractivity contribution in [1.82, 2.24) is 4.98 Å². The molecule has 0 saturated carbocycles. The zero-order valence-corrected chi connectivity index (χ0v) is 10.3. The maximum Gasteiger partial charge on any atom is 0.175 e. The summed E-state index contributed by atoms with van der Waals surface area (Å²) in [6.45, 7) is 0. The fourth-order valence-corrected chi connectivity index (χ4v) is 3.31. The van der Waals surface area contributed by atoms with Crippen molar-refractivity contribution in [3.8, 4) is 0 Å². The van der Waals surface area contributed by atoms with E-state index in [2.05, 4.69) is 26.4 Å². The first-order chi connectivity index (χ1) is 6.48. The molecular weight excluding hydrogens is 286 g/mol. The smallest absolute Gasteiger partial charge is 0.175 e. The second-order valence-electron chi connectivity index (χ2n) is 2.83. The molecule has 3 nitrogen and oxygen atoms in total. The van der Waals surface area contributed by atoms with Crippen LogP contribution in [0.2, 0.25) is 0 Å². The van der Waals surface area contributed by atoms with Crippen LogP contribution < -0.4 is 0 Å². The molecular formula is C8H5BrNO2S2. The third-order valence-corrected chi connectivity index (χ3v) is 4.15. The minimum absolute atomic E-state index is 0.300. The molecule has 2 rings (SSSR count). The Morgan fingerprint density at radius 1 is 1.50 bits per heavy atom. The van der Waals surface area contributed by atoms with Crippen molar-refractivity contribution in [2.75, 3.05) is 6.26 Å². The van der Waals surface area contributed by atoms with Gasteiger partial charge in [0.1, 0.15) is 0 Å². The SMILES string of the molecule is CS(=O)(=O)c1cc(Br)c2n[c]sc2c1. The van der Waals surface area contributed by atoms with E-state index in [4.69, 9.17) is 0 Å². The van der Waals surface area contributed by atoms with Crippen LogP contribution >= 0.6 is 27.3 Å². The van der Waals surface area contributed by atoms with Gasteiger partial charge in [0.25, 0.3) is 0 Å². The molecule has 6 heteroatoms. The summed E-state index contributed by atoms with van der Waals surface area (Å²) in [5.74, 6) is 0. The van der Waals surface area contributed by atoms with E-state index >= 15 is 0 Å². The van der Waals surface area contributed by atoms with Gasteiger partial charge in [-0.2, -0.15) is 0 Å². The van der Waals surface area contributed by atoms with Gasteiger partial charge in [-0.25, -0.2) is 13.4 Å². The molecule has 0 saturated heterocycles. The molecule has 2 aromatic rings. The average Bonchev–Trinajstić information content (AvgIpc) is 2.50. The van der Waals surface area contributed by atoms with Crippen molar-refractivity contribution in [2.45, 2.75) is 4.90 Å². The van der Waals surface area contributed by atoms with Crippen LogP contribution in [0.4, 0.5) is 0 Å². The molecule has 0 aliphatic heterocycles. The third kappa shape index (κ3) is 1.69. The summed E-state index contributed by atoms with van der Waals surface area (Å²) in [4.78, 5) is 4.29. The normalized spacial score (nSPS) is 12.1. The van der Waals surface area contributed by atoms with Crippen LogP contribution in [0.25, 0.3) is 10.2 Å². The van der Waals surface area contributed by atoms with E-state index in [9.17, 15) is 8.42 Å². The Morgan fingerprint density at radius 3 is 2.86 bits per heavy atom. The van der Waals surface area contributed by atoms with Gasteiger partial charge in [0.15, 0.2) is 15.3 Å². The summed E-state index contributed by atoms with van der Waals surface area (Å²) in [5.41, 5.74) is 3.48. The Hall–Kier alpha value is -0.460. The van der Waals surface area contributed by atoms with Crippen LogP contribution in [-0.2, 0) is 9.84 Å². The summed E-state index contributed by atoms with van der Waals surface area (Å²) >= 11 is 4.58.